The van der Waals surface area contributed by atoms with Crippen molar-refractivity contribution in [3.05, 3.63) is 108 Å². The van der Waals surface area contributed by atoms with E-state index >= 15 is 0 Å². The van der Waals surface area contributed by atoms with Crippen molar-refractivity contribution in [3.63, 3.8) is 0 Å². The maximum absolute atomic E-state index is 5.53. The zero-order valence-corrected chi connectivity index (χ0v) is 15.2. The van der Waals surface area contributed by atoms with E-state index in [0.717, 1.165) is 25.4 Å². The molecule has 0 aliphatic heterocycles. The molecule has 0 heterocycles. The van der Waals surface area contributed by atoms with Crippen molar-refractivity contribution in [3.8, 4) is 5.75 Å². The number of methoxy groups -OCH3 is 1. The minimum absolute atomic E-state index is 0.845. The van der Waals surface area contributed by atoms with Gasteiger partial charge in [-0.25, -0.2) is 0 Å². The van der Waals surface area contributed by atoms with Gasteiger partial charge in [0.15, 0.2) is 0 Å². The third kappa shape index (κ3) is 5.33. The highest BCUT2D eigenvalue weighted by atomic mass is 16.5. The van der Waals surface area contributed by atoms with Crippen LogP contribution in [-0.2, 0) is 13.1 Å². The predicted molar refractivity (Wildman–Crippen MR) is 109 cm³/mol. The molecule has 0 spiro atoms. The van der Waals surface area contributed by atoms with Gasteiger partial charge in [-0.05, 0) is 17.2 Å². The Balaban J connectivity index is 1.74. The van der Waals surface area contributed by atoms with Crippen LogP contribution in [-0.4, -0.2) is 18.6 Å². The fraction of sp³-hybridized carbons (Fsp3) is 0.167. The van der Waals surface area contributed by atoms with E-state index in [1.54, 1.807) is 7.11 Å². The Morgan fingerprint density at radius 3 is 2.15 bits per heavy atom. The summed E-state index contributed by atoms with van der Waals surface area (Å²) >= 11 is 0. The highest BCUT2D eigenvalue weighted by Crippen LogP contribution is 2.20. The van der Waals surface area contributed by atoms with Gasteiger partial charge in [-0.1, -0.05) is 91.0 Å². The zero-order chi connectivity index (χ0) is 18.0. The van der Waals surface area contributed by atoms with Crippen molar-refractivity contribution in [1.82, 2.24) is 4.90 Å². The van der Waals surface area contributed by atoms with Crippen LogP contribution in [0.3, 0.4) is 0 Å². The first-order valence-corrected chi connectivity index (χ1v) is 8.95. The van der Waals surface area contributed by atoms with Crippen LogP contribution in [0.5, 0.6) is 5.75 Å². The van der Waals surface area contributed by atoms with Gasteiger partial charge in [0.1, 0.15) is 5.75 Å². The number of rotatable bonds is 8. The number of hydrogen-bond donors (Lipinski definition) is 0. The van der Waals surface area contributed by atoms with Crippen molar-refractivity contribution in [1.29, 1.82) is 0 Å². The number of hydrogen-bond acceptors (Lipinski definition) is 2. The quantitative estimate of drug-likeness (QED) is 0.542. The van der Waals surface area contributed by atoms with E-state index in [1.807, 2.05) is 18.2 Å². The summed E-state index contributed by atoms with van der Waals surface area (Å²) in [5.74, 6) is 0.942. The lowest BCUT2D eigenvalue weighted by atomic mass is 10.1. The summed E-state index contributed by atoms with van der Waals surface area (Å²) in [5, 5.41) is 0. The maximum atomic E-state index is 5.53. The topological polar surface area (TPSA) is 12.5 Å². The van der Waals surface area contributed by atoms with Gasteiger partial charge >= 0.3 is 0 Å². The molecule has 0 saturated carbocycles. The van der Waals surface area contributed by atoms with Crippen LogP contribution in [0.15, 0.2) is 91.0 Å². The Hall–Kier alpha value is -2.84. The highest BCUT2D eigenvalue weighted by Gasteiger charge is 2.09. The van der Waals surface area contributed by atoms with Gasteiger partial charge < -0.3 is 4.74 Å². The van der Waals surface area contributed by atoms with E-state index in [1.165, 1.54) is 16.7 Å². The molecule has 0 unspecified atom stereocenters. The normalized spacial score (nSPS) is 11.2. The summed E-state index contributed by atoms with van der Waals surface area (Å²) in [6.45, 7) is 2.62. The van der Waals surface area contributed by atoms with Crippen LogP contribution < -0.4 is 4.74 Å². The fourth-order valence-corrected chi connectivity index (χ4v) is 3.00. The summed E-state index contributed by atoms with van der Waals surface area (Å²) < 4.78 is 5.53. The van der Waals surface area contributed by atoms with Gasteiger partial charge in [-0.15, -0.1) is 0 Å². The van der Waals surface area contributed by atoms with E-state index in [-0.39, 0.29) is 0 Å². The molecule has 3 rings (SSSR count). The lowest BCUT2D eigenvalue weighted by Crippen LogP contribution is -2.23. The monoisotopic (exact) mass is 343 g/mol. The van der Waals surface area contributed by atoms with Gasteiger partial charge in [0.25, 0.3) is 0 Å². The number of para-hydroxylation sites is 1. The minimum Gasteiger partial charge on any atom is -0.496 e. The Morgan fingerprint density at radius 2 is 1.42 bits per heavy atom. The number of benzene rings is 3. The summed E-state index contributed by atoms with van der Waals surface area (Å²) in [5.41, 5.74) is 3.75. The average Bonchev–Trinajstić information content (AvgIpc) is 2.70. The average molecular weight is 343 g/mol. The predicted octanol–water partition coefficient (Wildman–Crippen LogP) is 5.41. The van der Waals surface area contributed by atoms with Gasteiger partial charge in [0.05, 0.1) is 7.11 Å². The molecule has 3 aromatic carbocycles. The lowest BCUT2D eigenvalue weighted by molar-refractivity contribution is 0.280. The van der Waals surface area contributed by atoms with Crippen molar-refractivity contribution in [2.75, 3.05) is 13.7 Å². The maximum Gasteiger partial charge on any atom is 0.123 e. The Labute approximate surface area is 156 Å². The summed E-state index contributed by atoms with van der Waals surface area (Å²) in [7, 11) is 1.73. The molecule has 2 heteroatoms. The molecule has 2 nitrogen and oxygen atoms in total. The van der Waals surface area contributed by atoms with Crippen LogP contribution in [0.4, 0.5) is 0 Å². The molecule has 0 fully saturated rings. The Kier molecular flexibility index (Phi) is 6.63. The molecule has 0 bridgehead atoms. The molecule has 132 valence electrons. The third-order valence-corrected chi connectivity index (χ3v) is 4.31. The molecule has 0 aliphatic carbocycles. The van der Waals surface area contributed by atoms with Crippen molar-refractivity contribution in [2.24, 2.45) is 0 Å². The van der Waals surface area contributed by atoms with E-state index in [0.29, 0.717) is 0 Å². The SMILES string of the molecule is COc1ccccc1CN(C/C=C/c1ccccc1)Cc1ccccc1. The first-order valence-electron chi connectivity index (χ1n) is 8.95. The van der Waals surface area contributed by atoms with Crippen LogP contribution in [0.2, 0.25) is 0 Å². The zero-order valence-electron chi connectivity index (χ0n) is 15.2. The van der Waals surface area contributed by atoms with Crippen LogP contribution in [0, 0.1) is 0 Å². The summed E-state index contributed by atoms with van der Waals surface area (Å²) in [6, 6.07) is 29.3. The number of nitrogens with zero attached hydrogens (tertiary/aromatic N) is 1. The second-order valence-corrected chi connectivity index (χ2v) is 6.28. The molecule has 0 aliphatic rings. The van der Waals surface area contributed by atoms with Gasteiger partial charge in [-0.3, -0.25) is 4.90 Å². The second kappa shape index (κ2) is 9.59. The first kappa shape index (κ1) is 18.0. The highest BCUT2D eigenvalue weighted by molar-refractivity contribution is 5.48. The van der Waals surface area contributed by atoms with Gasteiger partial charge in [-0.2, -0.15) is 0 Å². The van der Waals surface area contributed by atoms with E-state index in [2.05, 4.69) is 83.8 Å². The molecule has 3 aromatic rings. The molecule has 0 amide bonds. The summed E-state index contributed by atoms with van der Waals surface area (Å²) in [4.78, 5) is 2.42. The van der Waals surface area contributed by atoms with Crippen molar-refractivity contribution < 1.29 is 4.74 Å². The van der Waals surface area contributed by atoms with Crippen LogP contribution >= 0.6 is 0 Å². The largest absolute Gasteiger partial charge is 0.496 e. The summed E-state index contributed by atoms with van der Waals surface area (Å²) in [6.07, 6.45) is 4.41. The molecule has 0 N–H and O–H groups in total. The van der Waals surface area contributed by atoms with Crippen molar-refractivity contribution >= 4 is 6.08 Å². The third-order valence-electron chi connectivity index (χ3n) is 4.31. The fourth-order valence-electron chi connectivity index (χ4n) is 3.00. The molecule has 26 heavy (non-hydrogen) atoms. The van der Waals surface area contributed by atoms with Gasteiger partial charge in [0, 0.05) is 25.2 Å². The molecular weight excluding hydrogens is 318 g/mol. The van der Waals surface area contributed by atoms with Crippen molar-refractivity contribution in [2.45, 2.75) is 13.1 Å². The standard InChI is InChI=1S/C24H25NO/c1-26-24-17-9-8-16-23(24)20-25(19-22-13-6-3-7-14-22)18-10-15-21-11-4-2-5-12-21/h2-17H,18-20H2,1H3/b15-10+. The molecule has 0 saturated heterocycles. The van der Waals surface area contributed by atoms with E-state index in [9.17, 15) is 0 Å². The van der Waals surface area contributed by atoms with Crippen LogP contribution in [0.1, 0.15) is 16.7 Å². The Morgan fingerprint density at radius 1 is 0.769 bits per heavy atom. The molecule has 0 radical (unpaired) electrons. The number of ether oxygens (including phenoxy) is 1. The molecule has 0 atom stereocenters. The Bertz CT molecular complexity index is 812. The first-order chi connectivity index (χ1) is 12.8. The smallest absolute Gasteiger partial charge is 0.123 e. The van der Waals surface area contributed by atoms with Crippen LogP contribution in [0.25, 0.3) is 6.08 Å². The van der Waals surface area contributed by atoms with E-state index < -0.39 is 0 Å². The molecule has 0 aromatic heterocycles. The van der Waals surface area contributed by atoms with Gasteiger partial charge in [0.2, 0.25) is 0 Å². The molecular formula is C24H25NO. The lowest BCUT2D eigenvalue weighted by Gasteiger charge is -2.22. The van der Waals surface area contributed by atoms with E-state index in [4.69, 9.17) is 4.74 Å². The second-order valence-electron chi connectivity index (χ2n) is 6.28. The minimum atomic E-state index is 0.845.